The van der Waals surface area contributed by atoms with E-state index in [0.29, 0.717) is 6.61 Å². The molecule has 1 saturated heterocycles. The fraction of sp³-hybridized carbons (Fsp3) is 0.417. The fourth-order valence-corrected chi connectivity index (χ4v) is 3.21. The van der Waals surface area contributed by atoms with Crippen LogP contribution in [0.2, 0.25) is 0 Å². The van der Waals surface area contributed by atoms with Crippen LogP contribution in [0.15, 0.2) is 54.6 Å². The molecular formula is C24H31NO6. The van der Waals surface area contributed by atoms with Crippen molar-refractivity contribution < 1.29 is 29.3 Å². The van der Waals surface area contributed by atoms with Crippen LogP contribution in [-0.2, 0) is 16.2 Å². The molecule has 0 unspecified atom stereocenters. The van der Waals surface area contributed by atoms with Gasteiger partial charge in [0.15, 0.2) is 0 Å². The van der Waals surface area contributed by atoms with Crippen molar-refractivity contribution in [1.29, 1.82) is 0 Å². The van der Waals surface area contributed by atoms with Crippen LogP contribution < -0.4 is 9.47 Å². The molecule has 2 aromatic rings. The van der Waals surface area contributed by atoms with E-state index in [-0.39, 0.29) is 0 Å². The predicted molar refractivity (Wildman–Crippen MR) is 118 cm³/mol. The molecule has 7 nitrogen and oxygen atoms in total. The maximum Gasteiger partial charge on any atom is 0.414 e. The lowest BCUT2D eigenvalue weighted by atomic mass is 10.2. The van der Waals surface area contributed by atoms with E-state index in [2.05, 4.69) is 17.0 Å². The molecule has 1 heterocycles. The number of hydrogen-bond donors (Lipinski definition) is 2. The maximum absolute atomic E-state index is 9.10. The van der Waals surface area contributed by atoms with Crippen LogP contribution in [0.25, 0.3) is 0 Å². The zero-order chi connectivity index (χ0) is 22.3. The van der Waals surface area contributed by atoms with Crippen LogP contribution in [-0.4, -0.2) is 53.3 Å². The number of aliphatic carboxylic acids is 2. The molecule has 1 aliphatic rings. The summed E-state index contributed by atoms with van der Waals surface area (Å²) >= 11 is 0. The van der Waals surface area contributed by atoms with E-state index in [1.165, 1.54) is 44.3 Å². The van der Waals surface area contributed by atoms with Crippen LogP contribution >= 0.6 is 0 Å². The molecule has 1 fully saturated rings. The highest BCUT2D eigenvalue weighted by Gasteiger charge is 2.08. The summed E-state index contributed by atoms with van der Waals surface area (Å²) in [5, 5.41) is 14.8. The van der Waals surface area contributed by atoms with Crippen molar-refractivity contribution in [2.75, 3.05) is 26.2 Å². The molecule has 0 spiro atoms. The molecule has 3 rings (SSSR count). The molecule has 0 aromatic heterocycles. The highest BCUT2D eigenvalue weighted by Crippen LogP contribution is 2.19. The van der Waals surface area contributed by atoms with E-state index in [0.717, 1.165) is 31.1 Å². The van der Waals surface area contributed by atoms with Gasteiger partial charge in [-0.15, -0.1) is 0 Å². The second-order valence-corrected chi connectivity index (χ2v) is 7.31. The van der Waals surface area contributed by atoms with Crippen LogP contribution in [0, 0.1) is 0 Å². The molecule has 0 atom stereocenters. The SMILES string of the molecule is O=C(O)C(=O)O.c1ccc(COc2ccc(OCCCN3CCCCCC3)cc2)cc1. The lowest BCUT2D eigenvalue weighted by molar-refractivity contribution is -0.159. The summed E-state index contributed by atoms with van der Waals surface area (Å²) in [6.45, 7) is 5.04. The molecule has 0 saturated carbocycles. The summed E-state index contributed by atoms with van der Waals surface area (Å²) in [4.78, 5) is 20.8. The Morgan fingerprint density at radius 1 is 0.774 bits per heavy atom. The van der Waals surface area contributed by atoms with Gasteiger partial charge in [-0.05, 0) is 62.2 Å². The molecule has 7 heteroatoms. The number of carboxylic acids is 2. The Balaban J connectivity index is 0.000000501. The lowest BCUT2D eigenvalue weighted by Gasteiger charge is -2.19. The zero-order valence-corrected chi connectivity index (χ0v) is 17.7. The molecule has 2 N–H and O–H groups in total. The number of carboxylic acid groups (broad SMARTS) is 2. The van der Waals surface area contributed by atoms with Gasteiger partial charge in [-0.3, -0.25) is 0 Å². The first-order valence-corrected chi connectivity index (χ1v) is 10.6. The third-order valence-corrected chi connectivity index (χ3v) is 4.84. The number of benzene rings is 2. The summed E-state index contributed by atoms with van der Waals surface area (Å²) in [7, 11) is 0. The summed E-state index contributed by atoms with van der Waals surface area (Å²) < 4.78 is 11.7. The number of hydrogen-bond acceptors (Lipinski definition) is 5. The number of ether oxygens (including phenoxy) is 2. The quantitative estimate of drug-likeness (QED) is 0.482. The Labute approximate surface area is 183 Å². The van der Waals surface area contributed by atoms with Gasteiger partial charge < -0.3 is 24.6 Å². The molecule has 0 radical (unpaired) electrons. The molecule has 2 aromatic carbocycles. The van der Waals surface area contributed by atoms with Crippen LogP contribution in [0.5, 0.6) is 11.5 Å². The average Bonchev–Trinajstić information content (AvgIpc) is 3.06. The van der Waals surface area contributed by atoms with Crippen LogP contribution in [0.3, 0.4) is 0 Å². The maximum atomic E-state index is 9.10. The Morgan fingerprint density at radius 2 is 1.32 bits per heavy atom. The second kappa shape index (κ2) is 14.0. The summed E-state index contributed by atoms with van der Waals surface area (Å²) in [6.07, 6.45) is 6.58. The minimum absolute atomic E-state index is 0.594. The second-order valence-electron chi connectivity index (χ2n) is 7.31. The summed E-state index contributed by atoms with van der Waals surface area (Å²) in [5.41, 5.74) is 1.18. The van der Waals surface area contributed by atoms with Gasteiger partial charge in [0, 0.05) is 6.54 Å². The van der Waals surface area contributed by atoms with Gasteiger partial charge in [-0.25, -0.2) is 9.59 Å². The van der Waals surface area contributed by atoms with Crippen LogP contribution in [0.4, 0.5) is 0 Å². The monoisotopic (exact) mass is 429 g/mol. The third kappa shape index (κ3) is 10.5. The van der Waals surface area contributed by atoms with E-state index in [1.54, 1.807) is 0 Å². The first-order chi connectivity index (χ1) is 15.0. The molecule has 1 aliphatic heterocycles. The Bertz CT molecular complexity index is 758. The summed E-state index contributed by atoms with van der Waals surface area (Å²) in [5.74, 6) is -1.85. The average molecular weight is 430 g/mol. The van der Waals surface area contributed by atoms with Crippen molar-refractivity contribution in [3.05, 3.63) is 60.2 Å². The molecule has 0 amide bonds. The normalized spacial score (nSPS) is 13.9. The third-order valence-electron chi connectivity index (χ3n) is 4.84. The minimum Gasteiger partial charge on any atom is -0.494 e. The van der Waals surface area contributed by atoms with Crippen molar-refractivity contribution in [2.24, 2.45) is 0 Å². The van der Waals surface area contributed by atoms with Gasteiger partial charge in [0.2, 0.25) is 0 Å². The first-order valence-electron chi connectivity index (χ1n) is 10.6. The fourth-order valence-electron chi connectivity index (χ4n) is 3.21. The highest BCUT2D eigenvalue weighted by atomic mass is 16.5. The van der Waals surface area contributed by atoms with Crippen LogP contribution in [0.1, 0.15) is 37.7 Å². The zero-order valence-electron chi connectivity index (χ0n) is 17.7. The van der Waals surface area contributed by atoms with E-state index in [4.69, 9.17) is 29.3 Å². The van der Waals surface area contributed by atoms with Crippen molar-refractivity contribution in [2.45, 2.75) is 38.7 Å². The molecule has 0 aliphatic carbocycles. The Kier molecular flexibility index (Phi) is 11.0. The first kappa shape index (κ1) is 24.2. The molecular weight excluding hydrogens is 398 g/mol. The van der Waals surface area contributed by atoms with E-state index < -0.39 is 11.9 Å². The molecule has 31 heavy (non-hydrogen) atoms. The minimum atomic E-state index is -1.82. The van der Waals surface area contributed by atoms with Gasteiger partial charge in [-0.2, -0.15) is 0 Å². The Morgan fingerprint density at radius 3 is 1.87 bits per heavy atom. The van der Waals surface area contributed by atoms with Gasteiger partial charge in [0.25, 0.3) is 0 Å². The number of carbonyl (C=O) groups is 2. The van der Waals surface area contributed by atoms with E-state index >= 15 is 0 Å². The smallest absolute Gasteiger partial charge is 0.414 e. The Hall–Kier alpha value is -3.06. The standard InChI is InChI=1S/C22H29NO2.C2H2O4/c1-2-7-16-23(15-6-1)17-8-18-24-21-11-13-22(14-12-21)25-19-20-9-4-3-5-10-20;3-1(4)2(5)6/h3-5,9-14H,1-2,6-8,15-19H2;(H,3,4)(H,5,6). The van der Waals surface area contributed by atoms with Crippen molar-refractivity contribution in [3.8, 4) is 11.5 Å². The van der Waals surface area contributed by atoms with Gasteiger partial charge in [0.05, 0.1) is 6.61 Å². The topological polar surface area (TPSA) is 96.3 Å². The predicted octanol–water partition coefficient (Wildman–Crippen LogP) is 4.07. The van der Waals surface area contributed by atoms with E-state index in [1.807, 2.05) is 42.5 Å². The lowest BCUT2D eigenvalue weighted by Crippen LogP contribution is -2.26. The van der Waals surface area contributed by atoms with Gasteiger partial charge in [-0.1, -0.05) is 43.2 Å². The van der Waals surface area contributed by atoms with Gasteiger partial charge in [0.1, 0.15) is 18.1 Å². The molecule has 0 bridgehead atoms. The van der Waals surface area contributed by atoms with Crippen molar-refractivity contribution in [1.82, 2.24) is 4.90 Å². The number of rotatable bonds is 8. The number of nitrogens with zero attached hydrogens (tertiary/aromatic N) is 1. The highest BCUT2D eigenvalue weighted by molar-refractivity contribution is 6.27. The van der Waals surface area contributed by atoms with Crippen molar-refractivity contribution >= 4 is 11.9 Å². The molecule has 168 valence electrons. The largest absolute Gasteiger partial charge is 0.494 e. The summed E-state index contributed by atoms with van der Waals surface area (Å²) in [6, 6.07) is 18.2. The van der Waals surface area contributed by atoms with Crippen molar-refractivity contribution in [3.63, 3.8) is 0 Å². The number of likely N-dealkylation sites (tertiary alicyclic amines) is 1. The van der Waals surface area contributed by atoms with E-state index in [9.17, 15) is 0 Å². The van der Waals surface area contributed by atoms with Gasteiger partial charge >= 0.3 is 11.9 Å².